The molecule has 0 fully saturated rings. The molecular weight excluding hydrogens is 458 g/mol. The minimum Gasteiger partial charge on any atom is -0.477 e. The van der Waals surface area contributed by atoms with Gasteiger partial charge in [-0.25, -0.2) is 14.6 Å². The van der Waals surface area contributed by atoms with E-state index < -0.39 is 12.1 Å². The molecule has 3 N–H and O–H groups in total. The van der Waals surface area contributed by atoms with Crippen molar-refractivity contribution < 1.29 is 29.0 Å². The zero-order chi connectivity index (χ0) is 23.9. The molecule has 2 aromatic carbocycles. The fraction of sp³-hybridized carbons (Fsp3) is 0.250. The number of aromatic carboxylic acids is 1. The third-order valence-electron chi connectivity index (χ3n) is 5.29. The molecular formula is C24H23N3O6S. The van der Waals surface area contributed by atoms with Gasteiger partial charge in [0.1, 0.15) is 23.1 Å². The maximum atomic E-state index is 12.1. The van der Waals surface area contributed by atoms with Gasteiger partial charge in [-0.05, 0) is 22.3 Å². The van der Waals surface area contributed by atoms with Crippen molar-refractivity contribution in [1.82, 2.24) is 15.6 Å². The summed E-state index contributed by atoms with van der Waals surface area (Å²) < 4.78 is 10.7. The Bertz CT molecular complexity index is 1150. The van der Waals surface area contributed by atoms with E-state index in [0.717, 1.165) is 33.6 Å². The van der Waals surface area contributed by atoms with E-state index in [2.05, 4.69) is 39.9 Å². The summed E-state index contributed by atoms with van der Waals surface area (Å²) >= 11 is 0.997. The molecule has 0 atom stereocenters. The Labute approximate surface area is 199 Å². The van der Waals surface area contributed by atoms with Crippen molar-refractivity contribution >= 4 is 29.3 Å². The van der Waals surface area contributed by atoms with Gasteiger partial charge in [-0.2, -0.15) is 0 Å². The predicted octanol–water partition coefficient (Wildman–Crippen LogP) is 3.01. The van der Waals surface area contributed by atoms with Crippen LogP contribution in [0.4, 0.5) is 4.79 Å². The molecule has 0 radical (unpaired) electrons. The van der Waals surface area contributed by atoms with Gasteiger partial charge in [0.05, 0.1) is 19.3 Å². The van der Waals surface area contributed by atoms with Gasteiger partial charge in [-0.3, -0.25) is 4.79 Å². The van der Waals surface area contributed by atoms with E-state index in [9.17, 15) is 14.4 Å². The monoisotopic (exact) mass is 481 g/mol. The molecule has 1 aromatic heterocycles. The topological polar surface area (TPSA) is 127 Å². The van der Waals surface area contributed by atoms with Crippen LogP contribution in [0.3, 0.4) is 0 Å². The molecule has 2 amide bonds. The van der Waals surface area contributed by atoms with Gasteiger partial charge < -0.3 is 25.2 Å². The van der Waals surface area contributed by atoms with Crippen molar-refractivity contribution in [3.05, 3.63) is 75.7 Å². The molecule has 4 rings (SSSR count). The summed E-state index contributed by atoms with van der Waals surface area (Å²) in [4.78, 5) is 38.8. The van der Waals surface area contributed by atoms with Crippen LogP contribution in [0.5, 0.6) is 0 Å². The van der Waals surface area contributed by atoms with Crippen LogP contribution >= 0.6 is 11.3 Å². The highest BCUT2D eigenvalue weighted by Gasteiger charge is 2.28. The molecule has 9 nitrogen and oxygen atoms in total. The summed E-state index contributed by atoms with van der Waals surface area (Å²) in [5, 5.41) is 14.6. The number of nitrogens with zero attached hydrogens (tertiary/aromatic N) is 1. The smallest absolute Gasteiger partial charge is 0.407 e. The molecule has 34 heavy (non-hydrogen) atoms. The lowest BCUT2D eigenvalue weighted by molar-refractivity contribution is -0.125. The van der Waals surface area contributed by atoms with Gasteiger partial charge in [-0.1, -0.05) is 48.5 Å². The minimum atomic E-state index is -1.05. The first-order valence-electron chi connectivity index (χ1n) is 10.6. The first-order valence-corrected chi connectivity index (χ1v) is 11.5. The number of fused-ring (bicyclic) bond motifs is 3. The van der Waals surface area contributed by atoms with Crippen LogP contribution in [0.25, 0.3) is 11.1 Å². The number of alkyl carbamates (subject to hydrolysis) is 1. The van der Waals surface area contributed by atoms with E-state index in [1.54, 1.807) is 0 Å². The molecule has 0 saturated carbocycles. The normalized spacial score (nSPS) is 12.0. The molecule has 3 aromatic rings. The van der Waals surface area contributed by atoms with Crippen molar-refractivity contribution in [3.63, 3.8) is 0 Å². The Kier molecular flexibility index (Phi) is 7.51. The second-order valence-corrected chi connectivity index (χ2v) is 8.62. The Morgan fingerprint density at radius 3 is 2.32 bits per heavy atom. The molecule has 0 bridgehead atoms. The lowest BCUT2D eigenvalue weighted by Crippen LogP contribution is -2.31. The molecule has 1 aliphatic rings. The van der Waals surface area contributed by atoms with E-state index >= 15 is 0 Å². The number of thiazole rings is 1. The minimum absolute atomic E-state index is 0.0116. The summed E-state index contributed by atoms with van der Waals surface area (Å²) in [6.07, 6.45) is 0.702. The molecule has 1 aliphatic carbocycles. The standard InChI is InChI=1S/C24H23N3O6S/c28-21(26-12-22-27-11-20(34-22)23(29)30)14-32-10-9-25-24(31)33-13-19-17-7-3-1-5-15(17)16-6-2-4-8-18(16)19/h1-8,11,19H,9-10,12-14H2,(H,25,31)(H,26,28)(H,29,30). The van der Waals surface area contributed by atoms with E-state index in [1.807, 2.05) is 24.3 Å². The predicted molar refractivity (Wildman–Crippen MR) is 125 cm³/mol. The maximum Gasteiger partial charge on any atom is 0.407 e. The Hall–Kier alpha value is -3.76. The van der Waals surface area contributed by atoms with Crippen LogP contribution < -0.4 is 10.6 Å². The molecule has 1 heterocycles. The summed E-state index contributed by atoms with van der Waals surface area (Å²) in [6, 6.07) is 16.2. The number of carbonyl (C=O) groups excluding carboxylic acids is 2. The number of carboxylic acid groups (broad SMARTS) is 1. The van der Waals surface area contributed by atoms with Gasteiger partial charge in [-0.15, -0.1) is 11.3 Å². The maximum absolute atomic E-state index is 12.1. The lowest BCUT2D eigenvalue weighted by Gasteiger charge is -2.14. The molecule has 0 unspecified atom stereocenters. The van der Waals surface area contributed by atoms with Gasteiger partial charge in [0.2, 0.25) is 5.91 Å². The average Bonchev–Trinajstić information content (AvgIpc) is 3.44. The highest BCUT2D eigenvalue weighted by Crippen LogP contribution is 2.44. The van der Waals surface area contributed by atoms with E-state index in [0.29, 0.717) is 5.01 Å². The Morgan fingerprint density at radius 1 is 1.00 bits per heavy atom. The average molecular weight is 482 g/mol. The zero-order valence-corrected chi connectivity index (χ0v) is 19.0. The number of amides is 2. The second-order valence-electron chi connectivity index (χ2n) is 7.51. The van der Waals surface area contributed by atoms with Crippen molar-refractivity contribution in [1.29, 1.82) is 0 Å². The SMILES string of the molecule is O=C(COCCNC(=O)OCC1c2ccccc2-c2ccccc21)NCc1ncc(C(=O)O)s1. The van der Waals surface area contributed by atoms with E-state index in [-0.39, 0.29) is 49.6 Å². The lowest BCUT2D eigenvalue weighted by atomic mass is 9.98. The second kappa shape index (κ2) is 10.9. The van der Waals surface area contributed by atoms with Gasteiger partial charge >= 0.3 is 12.1 Å². The number of carbonyl (C=O) groups is 3. The molecule has 10 heteroatoms. The largest absolute Gasteiger partial charge is 0.477 e. The number of hydrogen-bond acceptors (Lipinski definition) is 7. The first-order chi connectivity index (χ1) is 16.5. The first kappa shape index (κ1) is 23.4. The third-order valence-corrected chi connectivity index (χ3v) is 6.28. The molecule has 0 aliphatic heterocycles. The highest BCUT2D eigenvalue weighted by molar-refractivity contribution is 7.13. The number of rotatable bonds is 10. The number of carboxylic acids is 1. The summed E-state index contributed by atoms with van der Waals surface area (Å²) in [7, 11) is 0. The summed E-state index contributed by atoms with van der Waals surface area (Å²) in [6.45, 7) is 0.488. The fourth-order valence-corrected chi connectivity index (χ4v) is 4.45. The van der Waals surface area contributed by atoms with Crippen LogP contribution in [0, 0.1) is 0 Å². The number of nitrogens with one attached hydrogen (secondary N) is 2. The van der Waals surface area contributed by atoms with Crippen molar-refractivity contribution in [2.24, 2.45) is 0 Å². The van der Waals surface area contributed by atoms with Crippen LogP contribution in [-0.2, 0) is 20.8 Å². The van der Waals surface area contributed by atoms with Gasteiger partial charge in [0.15, 0.2) is 0 Å². The molecule has 0 spiro atoms. The van der Waals surface area contributed by atoms with Crippen LogP contribution in [0.2, 0.25) is 0 Å². The highest BCUT2D eigenvalue weighted by atomic mass is 32.1. The quantitative estimate of drug-likeness (QED) is 0.380. The van der Waals surface area contributed by atoms with Crippen molar-refractivity contribution in [3.8, 4) is 11.1 Å². The summed E-state index contributed by atoms with van der Waals surface area (Å²) in [5.41, 5.74) is 4.61. The third kappa shape index (κ3) is 5.59. The van der Waals surface area contributed by atoms with Crippen molar-refractivity contribution in [2.45, 2.75) is 12.5 Å². The summed E-state index contributed by atoms with van der Waals surface area (Å²) in [5.74, 6) is -1.43. The fourth-order valence-electron chi connectivity index (χ4n) is 3.76. The van der Waals surface area contributed by atoms with Gasteiger partial charge in [0, 0.05) is 12.5 Å². The van der Waals surface area contributed by atoms with Crippen LogP contribution in [0.1, 0.15) is 31.7 Å². The number of aromatic nitrogens is 1. The molecule has 0 saturated heterocycles. The van der Waals surface area contributed by atoms with Crippen LogP contribution in [0.15, 0.2) is 54.7 Å². The number of benzene rings is 2. The van der Waals surface area contributed by atoms with E-state index in [1.165, 1.54) is 6.20 Å². The Balaban J connectivity index is 1.13. The van der Waals surface area contributed by atoms with Crippen LogP contribution in [-0.4, -0.2) is 54.4 Å². The molecule has 176 valence electrons. The number of ether oxygens (including phenoxy) is 2. The van der Waals surface area contributed by atoms with Gasteiger partial charge in [0.25, 0.3) is 0 Å². The number of hydrogen-bond donors (Lipinski definition) is 3. The zero-order valence-electron chi connectivity index (χ0n) is 18.2. The van der Waals surface area contributed by atoms with E-state index in [4.69, 9.17) is 14.6 Å². The Morgan fingerprint density at radius 2 is 1.68 bits per heavy atom. The van der Waals surface area contributed by atoms with Crippen molar-refractivity contribution in [2.75, 3.05) is 26.4 Å².